The van der Waals surface area contributed by atoms with Gasteiger partial charge in [-0.3, -0.25) is 0 Å². The lowest BCUT2D eigenvalue weighted by molar-refractivity contribution is 0.872. The van der Waals surface area contributed by atoms with E-state index in [9.17, 15) is 0 Å². The first-order valence-corrected chi connectivity index (χ1v) is 7.28. The molecule has 0 aliphatic rings. The lowest BCUT2D eigenvalue weighted by atomic mass is 9.97. The first-order valence-electron chi connectivity index (χ1n) is 6.90. The van der Waals surface area contributed by atoms with Crippen LogP contribution >= 0.6 is 11.6 Å². The second-order valence-electron chi connectivity index (χ2n) is 5.02. The maximum atomic E-state index is 6.31. The lowest BCUT2D eigenvalue weighted by Crippen LogP contribution is -2.11. The molecule has 0 spiro atoms. The van der Waals surface area contributed by atoms with Crippen LogP contribution in [0.3, 0.4) is 0 Å². The molecule has 3 rings (SSSR count). The Labute approximate surface area is 130 Å². The van der Waals surface area contributed by atoms with E-state index in [2.05, 4.69) is 36.4 Å². The van der Waals surface area contributed by atoms with Crippen LogP contribution in [0, 0.1) is 0 Å². The highest BCUT2D eigenvalue weighted by molar-refractivity contribution is 6.30. The maximum Gasteiger partial charge on any atom is 0.0551 e. The third kappa shape index (κ3) is 3.15. The highest BCUT2D eigenvalue weighted by Gasteiger charge is 2.08. The van der Waals surface area contributed by atoms with Gasteiger partial charge < -0.3 is 5.73 Å². The number of hydrogen-bond acceptors (Lipinski definition) is 1. The van der Waals surface area contributed by atoms with Crippen LogP contribution in [0.4, 0.5) is 0 Å². The van der Waals surface area contributed by atoms with E-state index in [4.69, 9.17) is 17.3 Å². The van der Waals surface area contributed by atoms with Gasteiger partial charge in [0.25, 0.3) is 0 Å². The van der Waals surface area contributed by atoms with Crippen LogP contribution in [-0.4, -0.2) is 0 Å². The highest BCUT2D eigenvalue weighted by atomic mass is 35.5. The Hall–Kier alpha value is -2.09. The smallest absolute Gasteiger partial charge is 0.0551 e. The molecule has 1 nitrogen and oxygen atoms in total. The zero-order chi connectivity index (χ0) is 14.7. The van der Waals surface area contributed by atoms with E-state index in [1.54, 1.807) is 0 Å². The Kier molecular flexibility index (Phi) is 4.05. The second kappa shape index (κ2) is 6.13. The molecule has 0 bridgehead atoms. The highest BCUT2D eigenvalue weighted by Crippen LogP contribution is 2.25. The Morgan fingerprint density at radius 2 is 1.10 bits per heavy atom. The molecule has 1 unspecified atom stereocenters. The molecule has 21 heavy (non-hydrogen) atoms. The van der Waals surface area contributed by atoms with Crippen LogP contribution in [0.2, 0.25) is 5.02 Å². The normalized spacial score (nSPS) is 12.1. The lowest BCUT2D eigenvalue weighted by Gasteiger charge is -2.13. The second-order valence-corrected chi connectivity index (χ2v) is 5.45. The molecule has 2 heteroatoms. The summed E-state index contributed by atoms with van der Waals surface area (Å²) in [6, 6.07) is 26.3. The van der Waals surface area contributed by atoms with E-state index >= 15 is 0 Å². The Morgan fingerprint density at radius 1 is 0.619 bits per heavy atom. The van der Waals surface area contributed by atoms with Crippen molar-refractivity contribution in [3.05, 3.63) is 95.0 Å². The topological polar surface area (TPSA) is 26.0 Å². The molecule has 104 valence electrons. The summed E-state index contributed by atoms with van der Waals surface area (Å²) in [5.74, 6) is 0. The molecule has 0 amide bonds. The number of hydrogen-bond donors (Lipinski definition) is 1. The van der Waals surface area contributed by atoms with Gasteiger partial charge in [0, 0.05) is 5.02 Å². The summed E-state index contributed by atoms with van der Waals surface area (Å²) in [5.41, 5.74) is 10.9. The summed E-state index contributed by atoms with van der Waals surface area (Å²) in [6.07, 6.45) is 0. The predicted molar refractivity (Wildman–Crippen MR) is 89.4 cm³/mol. The van der Waals surface area contributed by atoms with E-state index in [0.29, 0.717) is 0 Å². The number of halogens is 1. The number of benzene rings is 3. The van der Waals surface area contributed by atoms with E-state index in [0.717, 1.165) is 16.1 Å². The van der Waals surface area contributed by atoms with Crippen molar-refractivity contribution in [3.8, 4) is 11.1 Å². The van der Waals surface area contributed by atoms with Gasteiger partial charge in [0.05, 0.1) is 6.04 Å². The van der Waals surface area contributed by atoms with Gasteiger partial charge >= 0.3 is 0 Å². The van der Waals surface area contributed by atoms with Crippen molar-refractivity contribution in [2.45, 2.75) is 6.04 Å². The zero-order valence-electron chi connectivity index (χ0n) is 11.5. The molecule has 3 aromatic carbocycles. The molecule has 0 saturated heterocycles. The number of nitrogens with two attached hydrogens (primary N) is 1. The van der Waals surface area contributed by atoms with Gasteiger partial charge in [0.1, 0.15) is 0 Å². The fourth-order valence-corrected chi connectivity index (χ4v) is 2.50. The van der Waals surface area contributed by atoms with Gasteiger partial charge in [0.15, 0.2) is 0 Å². The van der Waals surface area contributed by atoms with Crippen LogP contribution in [0.25, 0.3) is 11.1 Å². The minimum Gasteiger partial charge on any atom is -0.320 e. The van der Waals surface area contributed by atoms with Crippen LogP contribution in [0.15, 0.2) is 78.9 Å². The summed E-state index contributed by atoms with van der Waals surface area (Å²) in [5, 5.41) is 0.727. The van der Waals surface area contributed by atoms with Crippen molar-refractivity contribution in [1.29, 1.82) is 0 Å². The van der Waals surface area contributed by atoms with Gasteiger partial charge in [-0.2, -0.15) is 0 Å². The van der Waals surface area contributed by atoms with Crippen LogP contribution < -0.4 is 5.73 Å². The minimum atomic E-state index is -0.132. The van der Waals surface area contributed by atoms with Crippen molar-refractivity contribution >= 4 is 11.6 Å². The molecular weight excluding hydrogens is 278 g/mol. The molecular formula is C19H16ClN. The summed E-state index contributed by atoms with van der Waals surface area (Å²) >= 11 is 5.91. The number of rotatable bonds is 3. The third-order valence-electron chi connectivity index (χ3n) is 3.61. The first kappa shape index (κ1) is 13.9. The average Bonchev–Trinajstić information content (AvgIpc) is 2.56. The molecule has 2 N–H and O–H groups in total. The molecule has 0 aliphatic heterocycles. The fraction of sp³-hybridized carbons (Fsp3) is 0.0526. The van der Waals surface area contributed by atoms with Crippen molar-refractivity contribution in [1.82, 2.24) is 0 Å². The fourth-order valence-electron chi connectivity index (χ4n) is 2.38. The van der Waals surface area contributed by atoms with Crippen LogP contribution in [0.1, 0.15) is 17.2 Å². The first-order chi connectivity index (χ1) is 10.2. The Morgan fingerprint density at radius 3 is 1.67 bits per heavy atom. The zero-order valence-corrected chi connectivity index (χ0v) is 12.3. The van der Waals surface area contributed by atoms with Crippen molar-refractivity contribution < 1.29 is 0 Å². The predicted octanol–water partition coefficient (Wildman–Crippen LogP) is 5.06. The third-order valence-corrected chi connectivity index (χ3v) is 3.86. The van der Waals surface area contributed by atoms with Crippen molar-refractivity contribution in [2.24, 2.45) is 5.73 Å². The standard InChI is InChI=1S/C19H16ClN/c20-18-12-10-17(11-13-18)19(21)16-8-6-15(7-9-16)14-4-2-1-3-5-14/h1-13,19H,21H2. The summed E-state index contributed by atoms with van der Waals surface area (Å²) in [6.45, 7) is 0. The molecule has 0 aliphatic carbocycles. The van der Waals surface area contributed by atoms with E-state index in [1.165, 1.54) is 11.1 Å². The molecule has 0 saturated carbocycles. The Balaban J connectivity index is 1.85. The van der Waals surface area contributed by atoms with Gasteiger partial charge in [-0.25, -0.2) is 0 Å². The Bertz CT molecular complexity index is 703. The minimum absolute atomic E-state index is 0.132. The molecule has 0 aromatic heterocycles. The van der Waals surface area contributed by atoms with Gasteiger partial charge in [-0.05, 0) is 34.4 Å². The maximum absolute atomic E-state index is 6.31. The van der Waals surface area contributed by atoms with Crippen LogP contribution in [-0.2, 0) is 0 Å². The summed E-state index contributed by atoms with van der Waals surface area (Å²) in [4.78, 5) is 0. The van der Waals surface area contributed by atoms with Gasteiger partial charge in [-0.1, -0.05) is 78.3 Å². The molecule has 0 fully saturated rings. The van der Waals surface area contributed by atoms with Crippen molar-refractivity contribution in [3.63, 3.8) is 0 Å². The van der Waals surface area contributed by atoms with E-state index < -0.39 is 0 Å². The molecule has 3 aromatic rings. The van der Waals surface area contributed by atoms with E-state index in [-0.39, 0.29) is 6.04 Å². The van der Waals surface area contributed by atoms with Gasteiger partial charge in [0.2, 0.25) is 0 Å². The largest absolute Gasteiger partial charge is 0.320 e. The van der Waals surface area contributed by atoms with Crippen molar-refractivity contribution in [2.75, 3.05) is 0 Å². The summed E-state index contributed by atoms with van der Waals surface area (Å²) < 4.78 is 0. The van der Waals surface area contributed by atoms with E-state index in [1.807, 2.05) is 42.5 Å². The van der Waals surface area contributed by atoms with Gasteiger partial charge in [-0.15, -0.1) is 0 Å². The summed E-state index contributed by atoms with van der Waals surface area (Å²) in [7, 11) is 0. The SMILES string of the molecule is NC(c1ccc(Cl)cc1)c1ccc(-c2ccccc2)cc1. The average molecular weight is 294 g/mol. The molecule has 0 heterocycles. The quantitative estimate of drug-likeness (QED) is 0.718. The molecule has 1 atom stereocenters. The monoisotopic (exact) mass is 293 g/mol. The molecule has 0 radical (unpaired) electrons. The van der Waals surface area contributed by atoms with Crippen LogP contribution in [0.5, 0.6) is 0 Å².